The number of aliphatic carboxylic acids is 1. The van der Waals surface area contributed by atoms with Crippen LogP contribution in [0.4, 0.5) is 4.79 Å². The van der Waals surface area contributed by atoms with Crippen LogP contribution in [0.5, 0.6) is 0 Å². The fourth-order valence-electron chi connectivity index (χ4n) is 5.46. The Balaban J connectivity index is 1.22. The Bertz CT molecular complexity index is 1650. The largest absolute Gasteiger partial charge is 0.480 e. The molecule has 1 amide bonds. The lowest BCUT2D eigenvalue weighted by Crippen LogP contribution is -2.43. The van der Waals surface area contributed by atoms with E-state index in [9.17, 15) is 14.7 Å². The number of fused-ring (bicyclic) bond motifs is 4. The van der Waals surface area contributed by atoms with Crippen molar-refractivity contribution in [3.05, 3.63) is 119 Å². The predicted molar refractivity (Wildman–Crippen MR) is 152 cm³/mol. The van der Waals surface area contributed by atoms with Gasteiger partial charge in [0.2, 0.25) is 0 Å². The molecule has 6 nitrogen and oxygen atoms in total. The number of alkyl carbamates (subject to hydrolysis) is 1. The summed E-state index contributed by atoms with van der Waals surface area (Å²) in [6, 6.07) is 30.0. The summed E-state index contributed by atoms with van der Waals surface area (Å²) in [5.41, 5.74) is 7.76. The molecule has 1 unspecified atom stereocenters. The summed E-state index contributed by atoms with van der Waals surface area (Å²) in [7, 11) is 0. The van der Waals surface area contributed by atoms with Gasteiger partial charge in [-0.15, -0.1) is 0 Å². The van der Waals surface area contributed by atoms with E-state index in [1.165, 1.54) is 0 Å². The molecule has 1 atom stereocenters. The van der Waals surface area contributed by atoms with Crippen molar-refractivity contribution in [2.45, 2.75) is 18.4 Å². The molecule has 1 heterocycles. The van der Waals surface area contributed by atoms with Gasteiger partial charge in [0.1, 0.15) is 12.6 Å². The maximum atomic E-state index is 12.9. The Hall–Kier alpha value is -4.55. The third-order valence-electron chi connectivity index (χ3n) is 7.29. The maximum Gasteiger partial charge on any atom is 0.407 e. The van der Waals surface area contributed by atoms with Gasteiger partial charge < -0.3 is 20.1 Å². The molecule has 39 heavy (non-hydrogen) atoms. The average Bonchev–Trinajstić information content (AvgIpc) is 3.47. The van der Waals surface area contributed by atoms with Gasteiger partial charge in [-0.1, -0.05) is 90.5 Å². The molecular weight excluding hydrogens is 512 g/mol. The Kier molecular flexibility index (Phi) is 6.55. The molecule has 3 N–H and O–H groups in total. The normalized spacial score (nSPS) is 13.1. The number of carboxylic acids is 1. The highest BCUT2D eigenvalue weighted by atomic mass is 35.5. The smallest absolute Gasteiger partial charge is 0.407 e. The van der Waals surface area contributed by atoms with Crippen molar-refractivity contribution < 1.29 is 19.4 Å². The monoisotopic (exact) mass is 536 g/mol. The summed E-state index contributed by atoms with van der Waals surface area (Å²) in [6.07, 6.45) is -0.696. The number of rotatable bonds is 7. The van der Waals surface area contributed by atoms with Crippen LogP contribution in [0.15, 0.2) is 97.1 Å². The molecule has 6 rings (SSSR count). The second kappa shape index (κ2) is 10.3. The standard InChI is InChI=1S/C32H25ClN2O4/c33-20-15-13-19(14-16-20)30-26(25-11-5-6-12-28(25)34-30)17-29(31(36)37)35-32(38)39-18-27-23-9-3-1-7-21(23)22-8-2-4-10-24(22)27/h1-16,27,29,34H,17-18H2,(H,35,38)(H,36,37). The van der Waals surface area contributed by atoms with Crippen LogP contribution in [0.1, 0.15) is 22.6 Å². The number of aromatic amines is 1. The minimum absolute atomic E-state index is 0.0709. The number of halogens is 1. The van der Waals surface area contributed by atoms with Gasteiger partial charge in [-0.25, -0.2) is 9.59 Å². The summed E-state index contributed by atoms with van der Waals surface area (Å²) >= 11 is 6.08. The van der Waals surface area contributed by atoms with Gasteiger partial charge in [-0.2, -0.15) is 0 Å². The maximum absolute atomic E-state index is 12.9. The topological polar surface area (TPSA) is 91.4 Å². The number of ether oxygens (including phenoxy) is 1. The number of aromatic nitrogens is 1. The molecule has 4 aromatic carbocycles. The van der Waals surface area contributed by atoms with Crippen molar-refractivity contribution in [2.75, 3.05) is 6.61 Å². The van der Waals surface area contributed by atoms with Crippen LogP contribution in [-0.2, 0) is 16.0 Å². The number of carbonyl (C=O) groups is 2. The Morgan fingerprint density at radius 1 is 0.872 bits per heavy atom. The zero-order valence-electron chi connectivity index (χ0n) is 20.9. The van der Waals surface area contributed by atoms with Crippen LogP contribution in [0, 0.1) is 0 Å². The fourth-order valence-corrected chi connectivity index (χ4v) is 5.59. The lowest BCUT2D eigenvalue weighted by molar-refractivity contribution is -0.139. The molecule has 0 fully saturated rings. The molecule has 7 heteroatoms. The minimum atomic E-state index is -1.19. The molecule has 5 aromatic rings. The number of carbonyl (C=O) groups excluding carboxylic acids is 1. The number of carboxylic acid groups (broad SMARTS) is 1. The van der Waals surface area contributed by atoms with Gasteiger partial charge >= 0.3 is 12.1 Å². The molecule has 0 saturated heterocycles. The van der Waals surface area contributed by atoms with E-state index in [4.69, 9.17) is 16.3 Å². The number of benzene rings is 4. The number of amides is 1. The lowest BCUT2D eigenvalue weighted by atomic mass is 9.98. The second-order valence-electron chi connectivity index (χ2n) is 9.60. The molecule has 1 aromatic heterocycles. The number of para-hydroxylation sites is 1. The molecule has 1 aliphatic carbocycles. The summed E-state index contributed by atoms with van der Waals surface area (Å²) in [5, 5.41) is 14.1. The molecule has 0 spiro atoms. The third-order valence-corrected chi connectivity index (χ3v) is 7.54. The van der Waals surface area contributed by atoms with E-state index in [1.807, 2.05) is 72.8 Å². The predicted octanol–water partition coefficient (Wildman–Crippen LogP) is 7.02. The summed E-state index contributed by atoms with van der Waals surface area (Å²) in [6.45, 7) is 0.106. The summed E-state index contributed by atoms with van der Waals surface area (Å²) in [5.74, 6) is -1.26. The van der Waals surface area contributed by atoms with Crippen LogP contribution >= 0.6 is 11.6 Å². The zero-order valence-corrected chi connectivity index (χ0v) is 21.6. The number of nitrogens with one attached hydrogen (secondary N) is 2. The van der Waals surface area contributed by atoms with Crippen LogP contribution < -0.4 is 5.32 Å². The van der Waals surface area contributed by atoms with E-state index >= 15 is 0 Å². The first-order valence-electron chi connectivity index (χ1n) is 12.7. The van der Waals surface area contributed by atoms with Crippen molar-refractivity contribution in [1.82, 2.24) is 10.3 Å². The van der Waals surface area contributed by atoms with Gasteiger partial charge in [0, 0.05) is 34.0 Å². The van der Waals surface area contributed by atoms with E-state index in [0.29, 0.717) is 5.02 Å². The molecule has 0 aliphatic heterocycles. The molecule has 194 valence electrons. The first kappa shape index (κ1) is 24.8. The van der Waals surface area contributed by atoms with Crippen molar-refractivity contribution in [1.29, 1.82) is 0 Å². The van der Waals surface area contributed by atoms with Crippen LogP contribution in [-0.4, -0.2) is 34.8 Å². The highest BCUT2D eigenvalue weighted by molar-refractivity contribution is 6.30. The number of hydrogen-bond acceptors (Lipinski definition) is 3. The Morgan fingerprint density at radius 2 is 1.49 bits per heavy atom. The van der Waals surface area contributed by atoms with E-state index in [1.54, 1.807) is 12.1 Å². The zero-order chi connectivity index (χ0) is 26.9. The molecule has 0 radical (unpaired) electrons. The highest BCUT2D eigenvalue weighted by Gasteiger charge is 2.30. The van der Waals surface area contributed by atoms with E-state index in [-0.39, 0.29) is 18.9 Å². The van der Waals surface area contributed by atoms with Crippen LogP contribution in [0.3, 0.4) is 0 Å². The molecule has 0 bridgehead atoms. The van der Waals surface area contributed by atoms with Crippen molar-refractivity contribution in [3.8, 4) is 22.4 Å². The summed E-state index contributed by atoms with van der Waals surface area (Å²) in [4.78, 5) is 28.6. The van der Waals surface area contributed by atoms with Crippen LogP contribution in [0.2, 0.25) is 5.02 Å². The minimum Gasteiger partial charge on any atom is -0.480 e. The third kappa shape index (κ3) is 4.75. The van der Waals surface area contributed by atoms with Crippen molar-refractivity contribution >= 4 is 34.6 Å². The van der Waals surface area contributed by atoms with E-state index in [0.717, 1.165) is 50.0 Å². The quantitative estimate of drug-likeness (QED) is 0.208. The van der Waals surface area contributed by atoms with Gasteiger partial charge in [-0.3, -0.25) is 0 Å². The lowest BCUT2D eigenvalue weighted by Gasteiger charge is -2.18. The number of H-pyrrole nitrogens is 1. The first-order valence-corrected chi connectivity index (χ1v) is 13.1. The van der Waals surface area contributed by atoms with Crippen LogP contribution in [0.25, 0.3) is 33.3 Å². The highest BCUT2D eigenvalue weighted by Crippen LogP contribution is 2.44. The fraction of sp³-hybridized carbons (Fsp3) is 0.125. The Morgan fingerprint density at radius 3 is 2.15 bits per heavy atom. The summed E-state index contributed by atoms with van der Waals surface area (Å²) < 4.78 is 5.62. The molecule has 0 saturated carbocycles. The van der Waals surface area contributed by atoms with Gasteiger partial charge in [-0.05, 0) is 51.6 Å². The van der Waals surface area contributed by atoms with Crippen molar-refractivity contribution in [3.63, 3.8) is 0 Å². The van der Waals surface area contributed by atoms with Gasteiger partial charge in [0.15, 0.2) is 0 Å². The van der Waals surface area contributed by atoms with E-state index in [2.05, 4.69) is 22.4 Å². The number of hydrogen-bond donors (Lipinski definition) is 3. The first-order chi connectivity index (χ1) is 19.0. The SMILES string of the molecule is O=C(NC(Cc1c(-c2ccc(Cl)cc2)[nH]c2ccccc12)C(=O)O)OCC1c2ccccc2-c2ccccc21. The Labute approximate surface area is 230 Å². The van der Waals surface area contributed by atoms with Gasteiger partial charge in [0.05, 0.1) is 0 Å². The molecular formula is C32H25ClN2O4. The van der Waals surface area contributed by atoms with Gasteiger partial charge in [0.25, 0.3) is 0 Å². The van der Waals surface area contributed by atoms with E-state index < -0.39 is 18.1 Å². The van der Waals surface area contributed by atoms with Crippen molar-refractivity contribution in [2.24, 2.45) is 0 Å². The molecule has 1 aliphatic rings. The average molecular weight is 537 g/mol. The second-order valence-corrected chi connectivity index (χ2v) is 10.0.